The molecule has 0 bridgehead atoms. The quantitative estimate of drug-likeness (QED) is 0.226. The summed E-state index contributed by atoms with van der Waals surface area (Å²) in [7, 11) is 0. The van der Waals surface area contributed by atoms with Crippen LogP contribution in [-0.4, -0.2) is 52.7 Å². The van der Waals surface area contributed by atoms with Gasteiger partial charge in [0.05, 0.1) is 0 Å². The highest BCUT2D eigenvalue weighted by Gasteiger charge is 2.28. The Morgan fingerprint density at radius 1 is 1.10 bits per heavy atom. The molecule has 162 valence electrons. The molecule has 29 heavy (non-hydrogen) atoms. The number of aromatic hydroxyl groups is 1. The van der Waals surface area contributed by atoms with Crippen LogP contribution in [-0.2, 0) is 20.7 Å². The van der Waals surface area contributed by atoms with E-state index in [0.29, 0.717) is 12.2 Å². The van der Waals surface area contributed by atoms with Gasteiger partial charge in [0.15, 0.2) is 0 Å². The molecule has 1 rings (SSSR count). The van der Waals surface area contributed by atoms with E-state index in [-0.39, 0.29) is 12.2 Å². The van der Waals surface area contributed by atoms with Crippen molar-refractivity contribution in [2.75, 3.05) is 12.0 Å². The van der Waals surface area contributed by atoms with Crippen molar-refractivity contribution in [2.24, 2.45) is 5.84 Å². The number of hydrogen-bond acceptors (Lipinski definition) is 7. The molecule has 0 heterocycles. The number of ether oxygens (including phenoxy) is 1. The molecule has 0 aliphatic rings. The number of nitrogens with two attached hydrogens (primary N) is 1. The second-order valence-corrected chi connectivity index (χ2v) is 8.41. The molecule has 0 saturated heterocycles. The van der Waals surface area contributed by atoms with Gasteiger partial charge >= 0.3 is 6.09 Å². The van der Waals surface area contributed by atoms with Crippen LogP contribution in [0.4, 0.5) is 4.79 Å². The normalized spacial score (nSPS) is 13.1. The maximum atomic E-state index is 12.8. The maximum Gasteiger partial charge on any atom is 0.408 e. The zero-order valence-corrected chi connectivity index (χ0v) is 18.0. The number of amides is 3. The number of rotatable bonds is 9. The third kappa shape index (κ3) is 9.53. The van der Waals surface area contributed by atoms with Crippen LogP contribution < -0.4 is 21.9 Å². The predicted molar refractivity (Wildman–Crippen MR) is 112 cm³/mol. The van der Waals surface area contributed by atoms with Crippen LogP contribution in [0.2, 0.25) is 0 Å². The lowest BCUT2D eigenvalue weighted by atomic mass is 10.0. The monoisotopic (exact) mass is 426 g/mol. The molecule has 0 aromatic heterocycles. The molecule has 10 heteroatoms. The summed E-state index contributed by atoms with van der Waals surface area (Å²) in [6.07, 6.45) is 1.70. The first-order valence-corrected chi connectivity index (χ1v) is 10.5. The number of hydrazine groups is 1. The number of carbonyl (C=O) groups excluding carboxylic acids is 3. The van der Waals surface area contributed by atoms with Crippen molar-refractivity contribution < 1.29 is 24.2 Å². The van der Waals surface area contributed by atoms with Gasteiger partial charge in [0.1, 0.15) is 23.4 Å². The van der Waals surface area contributed by atoms with E-state index in [1.165, 1.54) is 23.9 Å². The van der Waals surface area contributed by atoms with E-state index >= 15 is 0 Å². The molecule has 0 aliphatic carbocycles. The van der Waals surface area contributed by atoms with E-state index in [1.807, 2.05) is 11.7 Å². The zero-order chi connectivity index (χ0) is 22.0. The van der Waals surface area contributed by atoms with E-state index in [0.717, 1.165) is 5.56 Å². The standard InChI is InChI=1S/C19H30N4O5S/c1-19(2,3)28-18(27)22-14(9-10-29-4)16(25)21-15(17(26)23-20)11-12-5-7-13(24)8-6-12/h5-8,14-15,24H,9-11,20H2,1-4H3,(H,21,25)(H,22,27)(H,23,26). The van der Waals surface area contributed by atoms with Crippen molar-refractivity contribution in [1.29, 1.82) is 0 Å². The van der Waals surface area contributed by atoms with E-state index in [9.17, 15) is 19.5 Å². The largest absolute Gasteiger partial charge is 0.508 e. The molecule has 0 radical (unpaired) electrons. The lowest BCUT2D eigenvalue weighted by Gasteiger charge is -2.25. The highest BCUT2D eigenvalue weighted by atomic mass is 32.2. The van der Waals surface area contributed by atoms with Gasteiger partial charge in [-0.2, -0.15) is 11.8 Å². The average molecular weight is 427 g/mol. The van der Waals surface area contributed by atoms with Gasteiger partial charge in [0, 0.05) is 6.42 Å². The van der Waals surface area contributed by atoms with E-state index in [2.05, 4.69) is 10.6 Å². The fraction of sp³-hybridized carbons (Fsp3) is 0.526. The first-order chi connectivity index (χ1) is 13.6. The van der Waals surface area contributed by atoms with Crippen LogP contribution in [0.25, 0.3) is 0 Å². The Kier molecular flexibility index (Phi) is 9.76. The van der Waals surface area contributed by atoms with Crippen molar-refractivity contribution in [2.45, 2.75) is 51.3 Å². The van der Waals surface area contributed by atoms with Crippen LogP contribution in [0.5, 0.6) is 5.75 Å². The third-order valence-electron chi connectivity index (χ3n) is 3.77. The topological polar surface area (TPSA) is 143 Å². The number of thioether (sulfide) groups is 1. The summed E-state index contributed by atoms with van der Waals surface area (Å²) in [4.78, 5) is 37.0. The number of phenols is 1. The molecule has 3 amide bonds. The zero-order valence-electron chi connectivity index (χ0n) is 17.2. The molecule has 0 fully saturated rings. The minimum Gasteiger partial charge on any atom is -0.508 e. The second kappa shape index (κ2) is 11.5. The summed E-state index contributed by atoms with van der Waals surface area (Å²) in [5, 5.41) is 14.6. The summed E-state index contributed by atoms with van der Waals surface area (Å²) in [6.45, 7) is 5.18. The molecule has 0 aliphatic heterocycles. The fourth-order valence-corrected chi connectivity index (χ4v) is 2.88. The summed E-state index contributed by atoms with van der Waals surface area (Å²) < 4.78 is 5.22. The van der Waals surface area contributed by atoms with Gasteiger partial charge in [-0.15, -0.1) is 0 Å². The Morgan fingerprint density at radius 3 is 2.24 bits per heavy atom. The van der Waals surface area contributed by atoms with E-state index in [1.54, 1.807) is 32.9 Å². The van der Waals surface area contributed by atoms with Crippen LogP contribution in [0, 0.1) is 0 Å². The SMILES string of the molecule is CSCCC(NC(=O)OC(C)(C)C)C(=O)NC(Cc1ccc(O)cc1)C(=O)NN. The molecule has 9 nitrogen and oxygen atoms in total. The fourth-order valence-electron chi connectivity index (χ4n) is 2.40. The third-order valence-corrected chi connectivity index (χ3v) is 4.41. The molecule has 2 atom stereocenters. The summed E-state index contributed by atoms with van der Waals surface area (Å²) >= 11 is 1.53. The van der Waals surface area contributed by atoms with Crippen molar-refractivity contribution >= 4 is 29.7 Å². The van der Waals surface area contributed by atoms with Crippen LogP contribution in [0.3, 0.4) is 0 Å². The predicted octanol–water partition coefficient (Wildman–Crippen LogP) is 1.06. The molecule has 2 unspecified atom stereocenters. The maximum absolute atomic E-state index is 12.8. The number of nitrogens with one attached hydrogen (secondary N) is 3. The highest BCUT2D eigenvalue weighted by Crippen LogP contribution is 2.12. The lowest BCUT2D eigenvalue weighted by molar-refractivity contribution is -0.130. The van der Waals surface area contributed by atoms with Crippen molar-refractivity contribution in [1.82, 2.24) is 16.1 Å². The molecular formula is C19H30N4O5S. The van der Waals surface area contributed by atoms with Crippen LogP contribution >= 0.6 is 11.8 Å². The van der Waals surface area contributed by atoms with Gasteiger partial charge in [-0.3, -0.25) is 15.0 Å². The van der Waals surface area contributed by atoms with Crippen LogP contribution in [0.15, 0.2) is 24.3 Å². The highest BCUT2D eigenvalue weighted by molar-refractivity contribution is 7.98. The van der Waals surface area contributed by atoms with Gasteiger partial charge in [0.25, 0.3) is 5.91 Å². The Hall–Kier alpha value is -2.46. The Morgan fingerprint density at radius 2 is 1.72 bits per heavy atom. The second-order valence-electron chi connectivity index (χ2n) is 7.42. The summed E-state index contributed by atoms with van der Waals surface area (Å²) in [6, 6.07) is 4.43. The number of alkyl carbamates (subject to hydrolysis) is 1. The van der Waals surface area contributed by atoms with Gasteiger partial charge < -0.3 is 20.5 Å². The average Bonchev–Trinajstić information content (AvgIpc) is 2.64. The molecule has 1 aromatic carbocycles. The Labute approximate surface area is 175 Å². The molecule has 0 spiro atoms. The number of hydrogen-bond donors (Lipinski definition) is 5. The van der Waals surface area contributed by atoms with Gasteiger partial charge in [-0.1, -0.05) is 12.1 Å². The van der Waals surface area contributed by atoms with Gasteiger partial charge in [-0.05, 0) is 56.9 Å². The van der Waals surface area contributed by atoms with Crippen LogP contribution in [0.1, 0.15) is 32.8 Å². The number of benzene rings is 1. The van der Waals surface area contributed by atoms with Gasteiger partial charge in [-0.25, -0.2) is 10.6 Å². The summed E-state index contributed by atoms with van der Waals surface area (Å²) in [5.41, 5.74) is 2.05. The number of phenolic OH excluding ortho intramolecular Hbond substituents is 1. The minimum atomic E-state index is -0.950. The molecular weight excluding hydrogens is 396 g/mol. The first-order valence-electron chi connectivity index (χ1n) is 9.13. The van der Waals surface area contributed by atoms with Crippen molar-refractivity contribution in [3.63, 3.8) is 0 Å². The van der Waals surface area contributed by atoms with Gasteiger partial charge in [0.2, 0.25) is 5.91 Å². The van der Waals surface area contributed by atoms with E-state index in [4.69, 9.17) is 10.6 Å². The Balaban J connectivity index is 2.88. The minimum absolute atomic E-state index is 0.0938. The Bertz CT molecular complexity index is 691. The smallest absolute Gasteiger partial charge is 0.408 e. The molecule has 6 N–H and O–H groups in total. The van der Waals surface area contributed by atoms with Crippen molar-refractivity contribution in [3.05, 3.63) is 29.8 Å². The molecule has 1 aromatic rings. The lowest BCUT2D eigenvalue weighted by Crippen LogP contribution is -2.55. The van der Waals surface area contributed by atoms with Crippen molar-refractivity contribution in [3.8, 4) is 5.75 Å². The van der Waals surface area contributed by atoms with E-state index < -0.39 is 35.6 Å². The number of carbonyl (C=O) groups is 3. The summed E-state index contributed by atoms with van der Waals surface area (Å²) in [5.74, 6) is 4.87. The molecule has 0 saturated carbocycles. The first kappa shape index (κ1) is 24.6.